The van der Waals surface area contributed by atoms with Gasteiger partial charge in [-0.1, -0.05) is 32.0 Å². The lowest BCUT2D eigenvalue weighted by atomic mass is 10.2. The van der Waals surface area contributed by atoms with Crippen molar-refractivity contribution < 1.29 is 14.2 Å². The van der Waals surface area contributed by atoms with Gasteiger partial charge in [0.05, 0.1) is 19.8 Å². The molecule has 0 spiro atoms. The standard InChI is InChI=1S/C14H22O3/c1-13(2)12-16-9-8-15-10-11-17-14-6-4-3-5-7-14/h3-7,13H,8-12H2,1-2H3. The first-order valence-corrected chi connectivity index (χ1v) is 6.12. The van der Waals surface area contributed by atoms with Gasteiger partial charge in [-0.2, -0.15) is 0 Å². The highest BCUT2D eigenvalue weighted by atomic mass is 16.5. The zero-order valence-electron chi connectivity index (χ0n) is 10.7. The molecule has 0 atom stereocenters. The predicted molar refractivity (Wildman–Crippen MR) is 68.4 cm³/mol. The topological polar surface area (TPSA) is 27.7 Å². The van der Waals surface area contributed by atoms with Gasteiger partial charge in [-0.3, -0.25) is 0 Å². The lowest BCUT2D eigenvalue weighted by Crippen LogP contribution is -2.12. The first-order chi connectivity index (χ1) is 8.29. The Kier molecular flexibility index (Phi) is 7.43. The van der Waals surface area contributed by atoms with E-state index in [0.29, 0.717) is 32.3 Å². The Balaban J connectivity index is 1.88. The molecule has 0 aliphatic rings. The van der Waals surface area contributed by atoms with Crippen LogP contribution in [0.2, 0.25) is 0 Å². The first-order valence-electron chi connectivity index (χ1n) is 6.12. The van der Waals surface area contributed by atoms with Crippen LogP contribution >= 0.6 is 0 Å². The molecule has 3 nitrogen and oxygen atoms in total. The monoisotopic (exact) mass is 238 g/mol. The van der Waals surface area contributed by atoms with Crippen LogP contribution in [0.4, 0.5) is 0 Å². The van der Waals surface area contributed by atoms with Crippen LogP contribution in [0.5, 0.6) is 5.75 Å². The lowest BCUT2D eigenvalue weighted by molar-refractivity contribution is 0.0282. The quantitative estimate of drug-likeness (QED) is 0.619. The van der Waals surface area contributed by atoms with Crippen LogP contribution in [0.15, 0.2) is 30.3 Å². The molecule has 0 bridgehead atoms. The van der Waals surface area contributed by atoms with Crippen LogP contribution in [0.25, 0.3) is 0 Å². The van der Waals surface area contributed by atoms with Gasteiger partial charge in [0.15, 0.2) is 0 Å². The average Bonchev–Trinajstić information content (AvgIpc) is 2.33. The summed E-state index contributed by atoms with van der Waals surface area (Å²) < 4.78 is 16.3. The fourth-order valence-corrected chi connectivity index (χ4v) is 1.27. The van der Waals surface area contributed by atoms with Crippen molar-refractivity contribution in [1.29, 1.82) is 0 Å². The van der Waals surface area contributed by atoms with Crippen molar-refractivity contribution in [2.45, 2.75) is 13.8 Å². The Morgan fingerprint density at radius 1 is 0.882 bits per heavy atom. The molecule has 0 N–H and O–H groups in total. The molecule has 0 unspecified atom stereocenters. The smallest absolute Gasteiger partial charge is 0.119 e. The Hall–Kier alpha value is -1.06. The van der Waals surface area contributed by atoms with Gasteiger partial charge in [0.1, 0.15) is 12.4 Å². The molecule has 1 aromatic rings. The highest BCUT2D eigenvalue weighted by Gasteiger charge is 1.94. The summed E-state index contributed by atoms with van der Waals surface area (Å²) in [6.07, 6.45) is 0. The van der Waals surface area contributed by atoms with Crippen molar-refractivity contribution in [3.63, 3.8) is 0 Å². The van der Waals surface area contributed by atoms with Crippen molar-refractivity contribution in [2.24, 2.45) is 5.92 Å². The molecule has 0 saturated heterocycles. The first kappa shape index (κ1) is 14.0. The van der Waals surface area contributed by atoms with Crippen LogP contribution in [-0.2, 0) is 9.47 Å². The fraction of sp³-hybridized carbons (Fsp3) is 0.571. The maximum Gasteiger partial charge on any atom is 0.119 e. The summed E-state index contributed by atoms with van der Waals surface area (Å²) in [4.78, 5) is 0. The van der Waals surface area contributed by atoms with E-state index >= 15 is 0 Å². The zero-order chi connectivity index (χ0) is 12.3. The summed E-state index contributed by atoms with van der Waals surface area (Å²) in [5.41, 5.74) is 0. The Labute approximate surface area is 104 Å². The molecular formula is C14H22O3. The second kappa shape index (κ2) is 9.02. The second-order valence-electron chi connectivity index (χ2n) is 4.24. The average molecular weight is 238 g/mol. The Morgan fingerprint density at radius 2 is 1.53 bits per heavy atom. The molecule has 0 aliphatic carbocycles. The molecule has 0 aromatic heterocycles. The van der Waals surface area contributed by atoms with E-state index in [-0.39, 0.29) is 0 Å². The molecule has 0 fully saturated rings. The van der Waals surface area contributed by atoms with Crippen molar-refractivity contribution in [3.8, 4) is 5.75 Å². The summed E-state index contributed by atoms with van der Waals surface area (Å²) in [7, 11) is 0. The predicted octanol–water partition coefficient (Wildman–Crippen LogP) is 2.75. The van der Waals surface area contributed by atoms with E-state index in [2.05, 4.69) is 13.8 Å². The Morgan fingerprint density at radius 3 is 2.24 bits per heavy atom. The lowest BCUT2D eigenvalue weighted by Gasteiger charge is -2.08. The summed E-state index contributed by atoms with van der Waals surface area (Å²) >= 11 is 0. The maximum atomic E-state index is 5.48. The highest BCUT2D eigenvalue weighted by molar-refractivity contribution is 5.20. The van der Waals surface area contributed by atoms with Gasteiger partial charge < -0.3 is 14.2 Å². The molecule has 0 radical (unpaired) electrons. The molecule has 1 aromatic carbocycles. The third-order valence-corrected chi connectivity index (χ3v) is 2.06. The summed E-state index contributed by atoms with van der Waals surface area (Å²) in [5, 5.41) is 0. The third kappa shape index (κ3) is 7.77. The summed E-state index contributed by atoms with van der Waals surface area (Å²) in [5.74, 6) is 1.46. The second-order valence-corrected chi connectivity index (χ2v) is 4.24. The number of para-hydroxylation sites is 1. The SMILES string of the molecule is CC(C)COCCOCCOc1ccccc1. The van der Waals surface area contributed by atoms with Crippen molar-refractivity contribution >= 4 is 0 Å². The molecule has 0 saturated carbocycles. The molecule has 1 rings (SSSR count). The minimum Gasteiger partial charge on any atom is -0.491 e. The molecular weight excluding hydrogens is 216 g/mol. The van der Waals surface area contributed by atoms with Gasteiger partial charge in [0.25, 0.3) is 0 Å². The van der Waals surface area contributed by atoms with Gasteiger partial charge >= 0.3 is 0 Å². The van der Waals surface area contributed by atoms with E-state index < -0.39 is 0 Å². The minimum absolute atomic E-state index is 0.578. The summed E-state index contributed by atoms with van der Waals surface area (Å²) in [6, 6.07) is 9.75. The van der Waals surface area contributed by atoms with Gasteiger partial charge in [-0.25, -0.2) is 0 Å². The number of ether oxygens (including phenoxy) is 3. The normalized spacial score (nSPS) is 10.8. The summed E-state index contributed by atoms with van der Waals surface area (Å²) in [6.45, 7) is 7.52. The molecule has 17 heavy (non-hydrogen) atoms. The number of hydrogen-bond donors (Lipinski definition) is 0. The van der Waals surface area contributed by atoms with Gasteiger partial charge in [-0.05, 0) is 18.1 Å². The van der Waals surface area contributed by atoms with Crippen LogP contribution in [-0.4, -0.2) is 33.0 Å². The number of rotatable bonds is 9. The van der Waals surface area contributed by atoms with E-state index in [1.165, 1.54) is 0 Å². The molecule has 96 valence electrons. The molecule has 0 heterocycles. The molecule has 3 heteroatoms. The van der Waals surface area contributed by atoms with Gasteiger partial charge in [0.2, 0.25) is 0 Å². The molecule has 0 aliphatic heterocycles. The van der Waals surface area contributed by atoms with Crippen molar-refractivity contribution in [1.82, 2.24) is 0 Å². The van der Waals surface area contributed by atoms with E-state index in [1.807, 2.05) is 30.3 Å². The van der Waals surface area contributed by atoms with Crippen molar-refractivity contribution in [3.05, 3.63) is 30.3 Å². The zero-order valence-corrected chi connectivity index (χ0v) is 10.7. The fourth-order valence-electron chi connectivity index (χ4n) is 1.27. The van der Waals surface area contributed by atoms with Crippen LogP contribution in [0, 0.1) is 5.92 Å². The number of hydrogen-bond acceptors (Lipinski definition) is 3. The maximum absolute atomic E-state index is 5.48. The van der Waals surface area contributed by atoms with Gasteiger partial charge in [-0.15, -0.1) is 0 Å². The van der Waals surface area contributed by atoms with E-state index in [0.717, 1.165) is 12.4 Å². The highest BCUT2D eigenvalue weighted by Crippen LogP contribution is 2.07. The Bertz CT molecular complexity index is 272. The van der Waals surface area contributed by atoms with E-state index in [1.54, 1.807) is 0 Å². The van der Waals surface area contributed by atoms with Crippen LogP contribution in [0.3, 0.4) is 0 Å². The number of benzene rings is 1. The molecule has 0 amide bonds. The van der Waals surface area contributed by atoms with Crippen LogP contribution in [0.1, 0.15) is 13.8 Å². The van der Waals surface area contributed by atoms with Crippen LogP contribution < -0.4 is 4.74 Å². The minimum atomic E-state index is 0.578. The largest absolute Gasteiger partial charge is 0.491 e. The van der Waals surface area contributed by atoms with Gasteiger partial charge in [0, 0.05) is 6.61 Å². The van der Waals surface area contributed by atoms with E-state index in [4.69, 9.17) is 14.2 Å². The third-order valence-electron chi connectivity index (χ3n) is 2.06. The van der Waals surface area contributed by atoms with Crippen molar-refractivity contribution in [2.75, 3.05) is 33.0 Å². The van der Waals surface area contributed by atoms with E-state index in [9.17, 15) is 0 Å².